The molecule has 0 radical (unpaired) electrons. The van der Waals surface area contributed by atoms with Gasteiger partial charge in [0, 0.05) is 23.9 Å². The normalized spacial score (nSPS) is 11.0. The number of fused-ring (bicyclic) bond motifs is 1. The molecule has 0 aliphatic rings. The van der Waals surface area contributed by atoms with Crippen molar-refractivity contribution < 1.29 is 4.74 Å². The largest absolute Gasteiger partial charge is 0.497 e. The van der Waals surface area contributed by atoms with Crippen molar-refractivity contribution in [2.45, 2.75) is 13.5 Å². The molecule has 0 fully saturated rings. The molecule has 4 aromatic rings. The summed E-state index contributed by atoms with van der Waals surface area (Å²) >= 11 is 0. The Morgan fingerprint density at radius 1 is 0.920 bits per heavy atom. The van der Waals surface area contributed by atoms with Gasteiger partial charge in [0.15, 0.2) is 5.65 Å². The molecule has 25 heavy (non-hydrogen) atoms. The Morgan fingerprint density at radius 3 is 2.48 bits per heavy atom. The lowest BCUT2D eigenvalue weighted by molar-refractivity contribution is 0.415. The summed E-state index contributed by atoms with van der Waals surface area (Å²) in [5.41, 5.74) is 5.09. The minimum Gasteiger partial charge on any atom is -0.497 e. The van der Waals surface area contributed by atoms with Crippen LogP contribution in [-0.4, -0.2) is 21.6 Å². The van der Waals surface area contributed by atoms with E-state index < -0.39 is 0 Å². The highest BCUT2D eigenvalue weighted by Gasteiger charge is 2.14. The van der Waals surface area contributed by atoms with Gasteiger partial charge < -0.3 is 9.30 Å². The molecule has 0 aliphatic carbocycles. The molecule has 0 amide bonds. The van der Waals surface area contributed by atoms with Crippen LogP contribution in [0.15, 0.2) is 66.9 Å². The average molecular weight is 329 g/mol. The Labute approximate surface area is 146 Å². The van der Waals surface area contributed by atoms with Crippen LogP contribution < -0.4 is 4.74 Å². The summed E-state index contributed by atoms with van der Waals surface area (Å²) < 4.78 is 7.55. The number of rotatable bonds is 4. The average Bonchev–Trinajstić information content (AvgIpc) is 3.06. The number of hydrogen-bond acceptors (Lipinski definition) is 3. The second-order valence-electron chi connectivity index (χ2n) is 5.84. The molecule has 0 N–H and O–H groups in total. The zero-order valence-electron chi connectivity index (χ0n) is 14.3. The fourth-order valence-corrected chi connectivity index (χ4v) is 3.10. The van der Waals surface area contributed by atoms with Gasteiger partial charge in [-0.2, -0.15) is 0 Å². The van der Waals surface area contributed by atoms with Crippen LogP contribution in [0.4, 0.5) is 0 Å². The maximum Gasteiger partial charge on any atom is 0.178 e. The summed E-state index contributed by atoms with van der Waals surface area (Å²) in [7, 11) is 1.68. The van der Waals surface area contributed by atoms with Gasteiger partial charge >= 0.3 is 0 Å². The minimum absolute atomic E-state index is 0.763. The van der Waals surface area contributed by atoms with Crippen LogP contribution in [0, 0.1) is 0 Å². The standard InChI is InChI=1S/C21H19N3O/c1-3-24-19-13-17(15-8-5-4-6-9-15)14-22-20(19)23-21(24)16-10-7-11-18(12-16)25-2/h4-14H,3H2,1-2H3. The Morgan fingerprint density at radius 2 is 1.72 bits per heavy atom. The zero-order valence-corrected chi connectivity index (χ0v) is 14.3. The lowest BCUT2D eigenvalue weighted by Gasteiger charge is -2.08. The van der Waals surface area contributed by atoms with Crippen LogP contribution in [0.25, 0.3) is 33.7 Å². The van der Waals surface area contributed by atoms with E-state index in [1.54, 1.807) is 7.11 Å². The fourth-order valence-electron chi connectivity index (χ4n) is 3.10. The molecular weight excluding hydrogens is 310 g/mol. The van der Waals surface area contributed by atoms with Crippen LogP contribution in [-0.2, 0) is 6.54 Å². The van der Waals surface area contributed by atoms with E-state index in [4.69, 9.17) is 9.72 Å². The molecule has 4 heteroatoms. The van der Waals surface area contributed by atoms with Gasteiger partial charge in [-0.1, -0.05) is 42.5 Å². The molecule has 0 spiro atoms. The van der Waals surface area contributed by atoms with Crippen molar-refractivity contribution >= 4 is 11.2 Å². The molecule has 0 unspecified atom stereocenters. The molecule has 2 aromatic heterocycles. The third-order valence-electron chi connectivity index (χ3n) is 4.36. The van der Waals surface area contributed by atoms with Gasteiger partial charge in [-0.15, -0.1) is 0 Å². The van der Waals surface area contributed by atoms with Crippen molar-refractivity contribution in [3.8, 4) is 28.3 Å². The van der Waals surface area contributed by atoms with Gasteiger partial charge in [-0.05, 0) is 30.7 Å². The quantitative estimate of drug-likeness (QED) is 0.540. The highest BCUT2D eigenvalue weighted by atomic mass is 16.5. The van der Waals surface area contributed by atoms with E-state index in [-0.39, 0.29) is 0 Å². The first kappa shape index (κ1) is 15.4. The molecule has 0 bridgehead atoms. The zero-order chi connectivity index (χ0) is 17.2. The lowest BCUT2D eigenvalue weighted by atomic mass is 10.1. The molecule has 2 heterocycles. The highest BCUT2D eigenvalue weighted by Crippen LogP contribution is 2.29. The summed E-state index contributed by atoms with van der Waals surface area (Å²) in [5, 5.41) is 0. The molecule has 4 nitrogen and oxygen atoms in total. The van der Waals surface area contributed by atoms with Crippen LogP contribution in [0.5, 0.6) is 5.75 Å². The van der Waals surface area contributed by atoms with Crippen LogP contribution in [0.2, 0.25) is 0 Å². The Balaban J connectivity index is 1.89. The molecule has 0 saturated heterocycles. The van der Waals surface area contributed by atoms with Crippen LogP contribution >= 0.6 is 0 Å². The van der Waals surface area contributed by atoms with E-state index in [1.807, 2.05) is 48.7 Å². The molecule has 124 valence electrons. The van der Waals surface area contributed by atoms with E-state index >= 15 is 0 Å². The van der Waals surface area contributed by atoms with E-state index in [0.29, 0.717) is 0 Å². The Bertz CT molecular complexity index is 1020. The summed E-state index contributed by atoms with van der Waals surface area (Å²) in [6, 6.07) is 20.4. The first-order valence-corrected chi connectivity index (χ1v) is 8.36. The molecule has 0 saturated carbocycles. The van der Waals surface area contributed by atoms with Crippen molar-refractivity contribution in [3.05, 3.63) is 66.9 Å². The number of hydrogen-bond donors (Lipinski definition) is 0. The van der Waals surface area contributed by atoms with Crippen molar-refractivity contribution in [2.24, 2.45) is 0 Å². The molecular formula is C21H19N3O. The molecule has 2 aromatic carbocycles. The lowest BCUT2D eigenvalue weighted by Crippen LogP contribution is -1.98. The monoisotopic (exact) mass is 329 g/mol. The maximum atomic E-state index is 5.35. The van der Waals surface area contributed by atoms with Crippen molar-refractivity contribution in [1.82, 2.24) is 14.5 Å². The first-order valence-electron chi connectivity index (χ1n) is 8.36. The number of ether oxygens (including phenoxy) is 1. The number of nitrogens with zero attached hydrogens (tertiary/aromatic N) is 3. The Hall–Kier alpha value is -3.14. The second-order valence-corrected chi connectivity index (χ2v) is 5.84. The first-order chi connectivity index (χ1) is 12.3. The molecule has 4 rings (SSSR count). The van der Waals surface area contributed by atoms with Gasteiger partial charge in [-0.3, -0.25) is 0 Å². The number of pyridine rings is 1. The smallest absolute Gasteiger partial charge is 0.178 e. The van der Waals surface area contributed by atoms with E-state index in [2.05, 4.69) is 34.7 Å². The van der Waals surface area contributed by atoms with Gasteiger partial charge in [0.25, 0.3) is 0 Å². The van der Waals surface area contributed by atoms with Gasteiger partial charge in [0.1, 0.15) is 11.6 Å². The Kier molecular flexibility index (Phi) is 3.94. The highest BCUT2D eigenvalue weighted by molar-refractivity contribution is 5.82. The predicted molar refractivity (Wildman–Crippen MR) is 101 cm³/mol. The van der Waals surface area contributed by atoms with E-state index in [1.165, 1.54) is 0 Å². The van der Waals surface area contributed by atoms with Crippen LogP contribution in [0.3, 0.4) is 0 Å². The third kappa shape index (κ3) is 2.76. The number of aromatic nitrogens is 3. The van der Waals surface area contributed by atoms with Gasteiger partial charge in [-0.25, -0.2) is 9.97 Å². The van der Waals surface area contributed by atoms with Crippen molar-refractivity contribution in [1.29, 1.82) is 0 Å². The fraction of sp³-hybridized carbons (Fsp3) is 0.143. The summed E-state index contributed by atoms with van der Waals surface area (Å²) in [5.74, 6) is 1.74. The van der Waals surface area contributed by atoms with Crippen LogP contribution in [0.1, 0.15) is 6.92 Å². The number of aryl methyl sites for hydroxylation is 1. The predicted octanol–water partition coefficient (Wildman–Crippen LogP) is 4.79. The SMILES string of the molecule is CCn1c(-c2cccc(OC)c2)nc2ncc(-c3ccccc3)cc21. The second kappa shape index (κ2) is 6.40. The summed E-state index contributed by atoms with van der Waals surface area (Å²) in [6.45, 7) is 2.95. The van der Waals surface area contributed by atoms with Gasteiger partial charge in [0.05, 0.1) is 12.6 Å². The third-order valence-corrected chi connectivity index (χ3v) is 4.36. The summed E-state index contributed by atoms with van der Waals surface area (Å²) in [4.78, 5) is 9.35. The van der Waals surface area contributed by atoms with Crippen molar-refractivity contribution in [2.75, 3.05) is 7.11 Å². The maximum absolute atomic E-state index is 5.35. The van der Waals surface area contributed by atoms with Crippen molar-refractivity contribution in [3.63, 3.8) is 0 Å². The topological polar surface area (TPSA) is 39.9 Å². The molecule has 0 atom stereocenters. The molecule has 0 aliphatic heterocycles. The van der Waals surface area contributed by atoms with E-state index in [0.717, 1.165) is 46.0 Å². The number of benzene rings is 2. The number of methoxy groups -OCH3 is 1. The number of imidazole rings is 1. The van der Waals surface area contributed by atoms with Gasteiger partial charge in [0.2, 0.25) is 0 Å². The van der Waals surface area contributed by atoms with E-state index in [9.17, 15) is 0 Å². The minimum atomic E-state index is 0.763. The summed E-state index contributed by atoms with van der Waals surface area (Å²) in [6.07, 6.45) is 1.89.